The fraction of sp³-hybridized carbons (Fsp3) is 0.273. The largest absolute Gasteiger partial charge is 0.467 e. The minimum atomic E-state index is 0.0892. The van der Waals surface area contributed by atoms with Crippen LogP contribution in [0.15, 0.2) is 18.3 Å². The zero-order valence-corrected chi connectivity index (χ0v) is 10.8. The van der Waals surface area contributed by atoms with Crippen molar-refractivity contribution >= 4 is 17.5 Å². The van der Waals surface area contributed by atoms with Gasteiger partial charge in [0.25, 0.3) is 0 Å². The summed E-state index contributed by atoms with van der Waals surface area (Å²) in [5.74, 6) is 0.368. The van der Waals surface area contributed by atoms with E-state index in [1.807, 2.05) is 19.1 Å². The molecule has 1 N–H and O–H groups in total. The minimum Gasteiger partial charge on any atom is -0.467 e. The Morgan fingerprint density at radius 3 is 2.78 bits per heavy atom. The molecular weight excluding hydrogens is 254 g/mol. The Balaban J connectivity index is 2.05. The fourth-order valence-corrected chi connectivity index (χ4v) is 1.44. The van der Waals surface area contributed by atoms with Gasteiger partial charge >= 0.3 is 6.01 Å². The lowest BCUT2D eigenvalue weighted by atomic mass is 10.2. The van der Waals surface area contributed by atoms with Gasteiger partial charge in [0.15, 0.2) is 0 Å². The number of anilines is 1. The quantitative estimate of drug-likeness (QED) is 0.910. The molecule has 0 radical (unpaired) electrons. The summed E-state index contributed by atoms with van der Waals surface area (Å²) in [6.07, 6.45) is 1.79. The maximum absolute atomic E-state index is 5.74. The van der Waals surface area contributed by atoms with Crippen LogP contribution in [0.25, 0.3) is 0 Å². The molecule has 6 nitrogen and oxygen atoms in total. The second kappa shape index (κ2) is 5.59. The molecule has 0 fully saturated rings. The number of nitrogens with zero attached hydrogens (tertiary/aromatic N) is 4. The molecule has 7 heteroatoms. The predicted octanol–water partition coefficient (Wildman–Crippen LogP) is 1.85. The highest BCUT2D eigenvalue weighted by Gasteiger charge is 2.04. The van der Waals surface area contributed by atoms with Gasteiger partial charge in [-0.25, -0.2) is 0 Å². The fourth-order valence-electron chi connectivity index (χ4n) is 1.29. The number of hydrogen-bond acceptors (Lipinski definition) is 6. The average Bonchev–Trinajstić information content (AvgIpc) is 2.37. The van der Waals surface area contributed by atoms with Gasteiger partial charge in [0.05, 0.1) is 7.11 Å². The van der Waals surface area contributed by atoms with E-state index in [1.54, 1.807) is 6.20 Å². The van der Waals surface area contributed by atoms with Crippen molar-refractivity contribution in [3.63, 3.8) is 0 Å². The molecular formula is C11H12ClN5O. The molecule has 0 aliphatic carbocycles. The number of aromatic nitrogens is 4. The molecule has 0 bridgehead atoms. The molecule has 2 rings (SSSR count). The average molecular weight is 266 g/mol. The van der Waals surface area contributed by atoms with E-state index < -0.39 is 0 Å². The SMILES string of the molecule is COc1nc(Cl)nc(NCc2ccc(C)nc2)n1. The van der Waals surface area contributed by atoms with Crippen LogP contribution in [0.4, 0.5) is 5.95 Å². The van der Waals surface area contributed by atoms with Gasteiger partial charge in [0.2, 0.25) is 11.2 Å². The van der Waals surface area contributed by atoms with E-state index in [0.29, 0.717) is 12.5 Å². The summed E-state index contributed by atoms with van der Waals surface area (Å²) >= 11 is 5.74. The summed E-state index contributed by atoms with van der Waals surface area (Å²) in [6.45, 7) is 2.49. The Labute approximate surface area is 109 Å². The minimum absolute atomic E-state index is 0.0892. The highest BCUT2D eigenvalue weighted by atomic mass is 35.5. The first kappa shape index (κ1) is 12.5. The van der Waals surface area contributed by atoms with Crippen molar-refractivity contribution in [1.82, 2.24) is 19.9 Å². The molecule has 0 aliphatic heterocycles. The van der Waals surface area contributed by atoms with Gasteiger partial charge in [0.1, 0.15) is 0 Å². The maximum atomic E-state index is 5.74. The summed E-state index contributed by atoms with van der Waals surface area (Å²) in [5, 5.41) is 3.12. The topological polar surface area (TPSA) is 72.8 Å². The number of methoxy groups -OCH3 is 1. The van der Waals surface area contributed by atoms with Gasteiger partial charge in [-0.05, 0) is 30.2 Å². The lowest BCUT2D eigenvalue weighted by Gasteiger charge is -2.06. The van der Waals surface area contributed by atoms with Gasteiger partial charge in [-0.2, -0.15) is 15.0 Å². The first-order valence-electron chi connectivity index (χ1n) is 5.28. The zero-order valence-electron chi connectivity index (χ0n) is 10.0. The molecule has 0 atom stereocenters. The Morgan fingerprint density at radius 1 is 1.28 bits per heavy atom. The first-order valence-corrected chi connectivity index (χ1v) is 5.66. The number of halogens is 1. The van der Waals surface area contributed by atoms with E-state index in [-0.39, 0.29) is 11.3 Å². The van der Waals surface area contributed by atoms with Crippen LogP contribution in [0.2, 0.25) is 5.28 Å². The number of rotatable bonds is 4. The molecule has 0 saturated carbocycles. The van der Waals surface area contributed by atoms with Crippen molar-refractivity contribution in [3.05, 3.63) is 34.9 Å². The number of nitrogens with one attached hydrogen (secondary N) is 1. The van der Waals surface area contributed by atoms with Gasteiger partial charge in [-0.1, -0.05) is 6.07 Å². The van der Waals surface area contributed by atoms with E-state index in [9.17, 15) is 0 Å². The molecule has 0 aliphatic rings. The van der Waals surface area contributed by atoms with Crippen molar-refractivity contribution in [2.75, 3.05) is 12.4 Å². The van der Waals surface area contributed by atoms with Crippen molar-refractivity contribution in [3.8, 4) is 6.01 Å². The van der Waals surface area contributed by atoms with Gasteiger partial charge in [-0.3, -0.25) is 4.98 Å². The van der Waals surface area contributed by atoms with E-state index in [1.165, 1.54) is 7.11 Å². The molecule has 0 amide bonds. The van der Waals surface area contributed by atoms with E-state index in [2.05, 4.69) is 25.3 Å². The second-order valence-corrected chi connectivity index (χ2v) is 3.91. The Hall–Kier alpha value is -1.95. The molecule has 94 valence electrons. The van der Waals surface area contributed by atoms with Crippen LogP contribution in [-0.2, 0) is 6.54 Å². The summed E-state index contributed by atoms with van der Waals surface area (Å²) in [7, 11) is 1.47. The highest BCUT2D eigenvalue weighted by Crippen LogP contribution is 2.11. The zero-order chi connectivity index (χ0) is 13.0. The second-order valence-electron chi connectivity index (χ2n) is 3.58. The Bertz CT molecular complexity index is 531. The summed E-state index contributed by atoms with van der Waals surface area (Å²) < 4.78 is 4.90. The third kappa shape index (κ3) is 3.27. The van der Waals surface area contributed by atoms with E-state index in [0.717, 1.165) is 11.3 Å². The smallest absolute Gasteiger partial charge is 0.322 e. The molecule has 18 heavy (non-hydrogen) atoms. The standard InChI is InChI=1S/C11H12ClN5O/c1-7-3-4-8(5-13-7)6-14-10-15-9(12)16-11(17-10)18-2/h3-5H,6H2,1-2H3,(H,14,15,16,17). The van der Waals surface area contributed by atoms with Gasteiger partial charge in [0, 0.05) is 18.4 Å². The summed E-state index contributed by atoms with van der Waals surface area (Å²) in [5.41, 5.74) is 2.00. The van der Waals surface area contributed by atoms with E-state index >= 15 is 0 Å². The summed E-state index contributed by atoms with van der Waals surface area (Å²) in [4.78, 5) is 16.0. The van der Waals surface area contributed by atoms with Crippen LogP contribution in [0, 0.1) is 6.92 Å². The monoisotopic (exact) mass is 265 g/mol. The number of aryl methyl sites for hydroxylation is 1. The number of ether oxygens (including phenoxy) is 1. The van der Waals surface area contributed by atoms with Crippen LogP contribution >= 0.6 is 11.6 Å². The van der Waals surface area contributed by atoms with Crippen LogP contribution in [0.3, 0.4) is 0 Å². The van der Waals surface area contributed by atoms with Crippen LogP contribution in [-0.4, -0.2) is 27.0 Å². The maximum Gasteiger partial charge on any atom is 0.322 e. The van der Waals surface area contributed by atoms with Gasteiger partial charge < -0.3 is 10.1 Å². The third-order valence-electron chi connectivity index (χ3n) is 2.19. The van der Waals surface area contributed by atoms with Crippen LogP contribution in [0.5, 0.6) is 6.01 Å². The Morgan fingerprint density at radius 2 is 2.11 bits per heavy atom. The normalized spacial score (nSPS) is 10.2. The molecule has 2 heterocycles. The number of hydrogen-bond donors (Lipinski definition) is 1. The molecule has 0 saturated heterocycles. The third-order valence-corrected chi connectivity index (χ3v) is 2.36. The molecule has 2 aromatic heterocycles. The van der Waals surface area contributed by atoms with Gasteiger partial charge in [-0.15, -0.1) is 0 Å². The summed E-state index contributed by atoms with van der Waals surface area (Å²) in [6, 6.07) is 4.10. The molecule has 0 aromatic carbocycles. The first-order chi connectivity index (χ1) is 8.67. The number of pyridine rings is 1. The van der Waals surface area contributed by atoms with Crippen molar-refractivity contribution in [2.45, 2.75) is 13.5 Å². The predicted molar refractivity (Wildman–Crippen MR) is 67.7 cm³/mol. The van der Waals surface area contributed by atoms with Crippen LogP contribution < -0.4 is 10.1 Å². The molecule has 0 unspecified atom stereocenters. The van der Waals surface area contributed by atoms with Crippen molar-refractivity contribution < 1.29 is 4.74 Å². The lowest BCUT2D eigenvalue weighted by molar-refractivity contribution is 0.379. The molecule has 2 aromatic rings. The van der Waals surface area contributed by atoms with Crippen molar-refractivity contribution in [1.29, 1.82) is 0 Å². The van der Waals surface area contributed by atoms with Crippen LogP contribution in [0.1, 0.15) is 11.3 Å². The van der Waals surface area contributed by atoms with E-state index in [4.69, 9.17) is 16.3 Å². The lowest BCUT2D eigenvalue weighted by Crippen LogP contribution is -2.06. The van der Waals surface area contributed by atoms with Crippen molar-refractivity contribution in [2.24, 2.45) is 0 Å². The Kier molecular flexibility index (Phi) is 3.88. The molecule has 0 spiro atoms. The highest BCUT2D eigenvalue weighted by molar-refractivity contribution is 6.28.